The van der Waals surface area contributed by atoms with E-state index in [0.717, 1.165) is 24.6 Å². The SMILES string of the molecule is Cc1nc(C(C)(C)C)oc1CC(=O)N1CCN(c2ccccn2)CC1. The highest BCUT2D eigenvalue weighted by atomic mass is 16.4. The molecule has 0 aromatic carbocycles. The van der Waals surface area contributed by atoms with Gasteiger partial charge in [0.15, 0.2) is 5.89 Å². The molecular weight excluding hydrogens is 316 g/mol. The maximum Gasteiger partial charge on any atom is 0.230 e. The summed E-state index contributed by atoms with van der Waals surface area (Å²) in [5.41, 5.74) is 0.658. The molecule has 1 fully saturated rings. The van der Waals surface area contributed by atoms with Gasteiger partial charge in [-0.1, -0.05) is 26.8 Å². The van der Waals surface area contributed by atoms with Crippen LogP contribution in [-0.2, 0) is 16.6 Å². The molecule has 0 unspecified atom stereocenters. The van der Waals surface area contributed by atoms with Crippen molar-refractivity contribution >= 4 is 11.7 Å². The smallest absolute Gasteiger partial charge is 0.230 e. The summed E-state index contributed by atoms with van der Waals surface area (Å²) in [4.78, 5) is 25.6. The van der Waals surface area contributed by atoms with Crippen LogP contribution in [0.2, 0.25) is 0 Å². The highest BCUT2D eigenvalue weighted by Crippen LogP contribution is 2.24. The number of hydrogen-bond donors (Lipinski definition) is 0. The van der Waals surface area contributed by atoms with Gasteiger partial charge in [0.1, 0.15) is 11.6 Å². The molecule has 0 bridgehead atoms. The van der Waals surface area contributed by atoms with Gasteiger partial charge < -0.3 is 14.2 Å². The fraction of sp³-hybridized carbons (Fsp3) is 0.526. The van der Waals surface area contributed by atoms with Gasteiger partial charge in [0.25, 0.3) is 0 Å². The van der Waals surface area contributed by atoms with Crippen molar-refractivity contribution in [2.24, 2.45) is 0 Å². The van der Waals surface area contributed by atoms with Crippen LogP contribution < -0.4 is 4.90 Å². The van der Waals surface area contributed by atoms with Crippen molar-refractivity contribution in [3.05, 3.63) is 41.7 Å². The third-order valence-corrected chi connectivity index (χ3v) is 4.45. The number of aryl methyl sites for hydroxylation is 1. The normalized spacial score (nSPS) is 15.5. The quantitative estimate of drug-likeness (QED) is 0.858. The Morgan fingerprint density at radius 2 is 1.92 bits per heavy atom. The van der Waals surface area contributed by atoms with E-state index in [2.05, 4.69) is 35.6 Å². The zero-order chi connectivity index (χ0) is 18.0. The Morgan fingerprint density at radius 3 is 2.48 bits per heavy atom. The van der Waals surface area contributed by atoms with E-state index >= 15 is 0 Å². The average molecular weight is 342 g/mol. The van der Waals surface area contributed by atoms with E-state index in [9.17, 15) is 4.79 Å². The Labute approximate surface area is 148 Å². The van der Waals surface area contributed by atoms with Crippen molar-refractivity contribution in [3.63, 3.8) is 0 Å². The maximum absolute atomic E-state index is 12.6. The third kappa shape index (κ3) is 4.00. The number of carbonyl (C=O) groups excluding carboxylic acids is 1. The van der Waals surface area contributed by atoms with E-state index in [1.165, 1.54) is 0 Å². The number of amides is 1. The molecule has 0 N–H and O–H groups in total. The number of piperazine rings is 1. The molecule has 0 saturated carbocycles. The molecular formula is C19H26N4O2. The summed E-state index contributed by atoms with van der Waals surface area (Å²) >= 11 is 0. The molecule has 1 aliphatic rings. The molecule has 0 atom stereocenters. The molecule has 0 radical (unpaired) electrons. The Hall–Kier alpha value is -2.37. The lowest BCUT2D eigenvalue weighted by molar-refractivity contribution is -0.131. The van der Waals surface area contributed by atoms with Gasteiger partial charge in [-0.15, -0.1) is 0 Å². The molecule has 1 saturated heterocycles. The van der Waals surface area contributed by atoms with E-state index in [1.807, 2.05) is 30.0 Å². The van der Waals surface area contributed by atoms with Crippen LogP contribution in [0.5, 0.6) is 0 Å². The number of nitrogens with zero attached hydrogens (tertiary/aromatic N) is 4. The first kappa shape index (κ1) is 17.5. The van der Waals surface area contributed by atoms with E-state index < -0.39 is 0 Å². The summed E-state index contributed by atoms with van der Waals surface area (Å²) in [6.07, 6.45) is 2.07. The first-order valence-electron chi connectivity index (χ1n) is 8.75. The van der Waals surface area contributed by atoms with Gasteiger partial charge in [-0.25, -0.2) is 9.97 Å². The number of rotatable bonds is 3. The minimum atomic E-state index is -0.152. The third-order valence-electron chi connectivity index (χ3n) is 4.45. The van der Waals surface area contributed by atoms with Crippen molar-refractivity contribution in [3.8, 4) is 0 Å². The molecule has 0 spiro atoms. The minimum Gasteiger partial charge on any atom is -0.444 e. The molecule has 2 aromatic rings. The second-order valence-corrected chi connectivity index (χ2v) is 7.51. The highest BCUT2D eigenvalue weighted by molar-refractivity contribution is 5.78. The van der Waals surface area contributed by atoms with Crippen molar-refractivity contribution in [2.75, 3.05) is 31.1 Å². The van der Waals surface area contributed by atoms with E-state index in [1.54, 1.807) is 6.20 Å². The van der Waals surface area contributed by atoms with Crippen LogP contribution in [0, 0.1) is 6.92 Å². The molecule has 25 heavy (non-hydrogen) atoms. The topological polar surface area (TPSA) is 62.5 Å². The lowest BCUT2D eigenvalue weighted by Crippen LogP contribution is -2.49. The molecule has 6 nitrogen and oxygen atoms in total. The first-order chi connectivity index (χ1) is 11.8. The zero-order valence-electron chi connectivity index (χ0n) is 15.5. The summed E-state index contributed by atoms with van der Waals surface area (Å²) in [7, 11) is 0. The van der Waals surface area contributed by atoms with Crippen LogP contribution in [0.25, 0.3) is 0 Å². The molecule has 3 rings (SSSR count). The summed E-state index contributed by atoms with van der Waals surface area (Å²) in [5.74, 6) is 2.44. The van der Waals surface area contributed by atoms with Gasteiger partial charge in [0, 0.05) is 37.8 Å². The van der Waals surface area contributed by atoms with Gasteiger partial charge in [0.05, 0.1) is 12.1 Å². The molecule has 3 heterocycles. The first-order valence-corrected chi connectivity index (χ1v) is 8.75. The number of aromatic nitrogens is 2. The molecule has 0 aliphatic carbocycles. The molecule has 6 heteroatoms. The van der Waals surface area contributed by atoms with E-state index in [0.29, 0.717) is 24.7 Å². The number of oxazole rings is 1. The predicted molar refractivity (Wildman–Crippen MR) is 96.7 cm³/mol. The summed E-state index contributed by atoms with van der Waals surface area (Å²) in [5, 5.41) is 0. The van der Waals surface area contributed by atoms with Crippen LogP contribution in [0.3, 0.4) is 0 Å². The Kier molecular flexibility index (Phi) is 4.79. The van der Waals surface area contributed by atoms with Crippen molar-refractivity contribution in [2.45, 2.75) is 39.5 Å². The van der Waals surface area contributed by atoms with Crippen LogP contribution in [0.1, 0.15) is 38.1 Å². The van der Waals surface area contributed by atoms with E-state index in [-0.39, 0.29) is 17.7 Å². The lowest BCUT2D eigenvalue weighted by atomic mass is 9.97. The standard InChI is InChI=1S/C19H26N4O2/c1-14-15(25-18(21-14)19(2,3)4)13-17(24)23-11-9-22(10-12-23)16-7-5-6-8-20-16/h5-8H,9-13H2,1-4H3. The predicted octanol–water partition coefficient (Wildman–Crippen LogP) is 2.57. The summed E-state index contributed by atoms with van der Waals surface area (Å²) in [6.45, 7) is 11.1. The zero-order valence-corrected chi connectivity index (χ0v) is 15.5. The molecule has 1 aliphatic heterocycles. The van der Waals surface area contributed by atoms with Gasteiger partial charge >= 0.3 is 0 Å². The van der Waals surface area contributed by atoms with Crippen molar-refractivity contribution < 1.29 is 9.21 Å². The van der Waals surface area contributed by atoms with E-state index in [4.69, 9.17) is 4.42 Å². The van der Waals surface area contributed by atoms with Crippen LogP contribution in [0.4, 0.5) is 5.82 Å². The summed E-state index contributed by atoms with van der Waals surface area (Å²) < 4.78 is 5.85. The number of hydrogen-bond acceptors (Lipinski definition) is 5. The minimum absolute atomic E-state index is 0.0976. The Balaban J connectivity index is 1.59. The summed E-state index contributed by atoms with van der Waals surface area (Å²) in [6, 6.07) is 5.90. The second kappa shape index (κ2) is 6.86. The number of anilines is 1. The lowest BCUT2D eigenvalue weighted by Gasteiger charge is -2.35. The highest BCUT2D eigenvalue weighted by Gasteiger charge is 2.26. The largest absolute Gasteiger partial charge is 0.444 e. The fourth-order valence-electron chi connectivity index (χ4n) is 2.89. The van der Waals surface area contributed by atoms with Gasteiger partial charge in [-0.3, -0.25) is 4.79 Å². The monoisotopic (exact) mass is 342 g/mol. The molecule has 2 aromatic heterocycles. The average Bonchev–Trinajstić information content (AvgIpc) is 2.97. The maximum atomic E-state index is 12.6. The second-order valence-electron chi connectivity index (χ2n) is 7.51. The van der Waals surface area contributed by atoms with Gasteiger partial charge in [-0.05, 0) is 19.1 Å². The molecule has 1 amide bonds. The van der Waals surface area contributed by atoms with Crippen molar-refractivity contribution in [1.82, 2.24) is 14.9 Å². The number of carbonyl (C=O) groups is 1. The van der Waals surface area contributed by atoms with Crippen molar-refractivity contribution in [1.29, 1.82) is 0 Å². The van der Waals surface area contributed by atoms with Crippen LogP contribution in [0.15, 0.2) is 28.8 Å². The van der Waals surface area contributed by atoms with Gasteiger partial charge in [-0.2, -0.15) is 0 Å². The Morgan fingerprint density at radius 1 is 1.20 bits per heavy atom. The number of pyridine rings is 1. The van der Waals surface area contributed by atoms with Gasteiger partial charge in [0.2, 0.25) is 5.91 Å². The van der Waals surface area contributed by atoms with Crippen LogP contribution >= 0.6 is 0 Å². The van der Waals surface area contributed by atoms with Crippen LogP contribution in [-0.4, -0.2) is 47.0 Å². The Bertz CT molecular complexity index is 726. The molecule has 134 valence electrons. The fourth-order valence-corrected chi connectivity index (χ4v) is 2.89.